The van der Waals surface area contributed by atoms with Crippen molar-refractivity contribution in [1.29, 1.82) is 0 Å². The van der Waals surface area contributed by atoms with Crippen molar-refractivity contribution in [1.82, 2.24) is 0 Å². The fourth-order valence-electron chi connectivity index (χ4n) is 3.69. The minimum Gasteiger partial charge on any atom is -0.497 e. The van der Waals surface area contributed by atoms with Gasteiger partial charge in [-0.25, -0.2) is 0 Å². The van der Waals surface area contributed by atoms with Crippen LogP contribution in [0.25, 0.3) is 0 Å². The fraction of sp³-hybridized carbons (Fsp3) is 0.263. The highest BCUT2D eigenvalue weighted by Gasteiger charge is 2.37. The summed E-state index contributed by atoms with van der Waals surface area (Å²) >= 11 is 0. The van der Waals surface area contributed by atoms with Gasteiger partial charge in [-0.15, -0.1) is 0 Å². The van der Waals surface area contributed by atoms with Gasteiger partial charge in [-0.05, 0) is 41.7 Å². The molecule has 0 amide bonds. The number of anilines is 1. The lowest BCUT2D eigenvalue weighted by atomic mass is 9.77. The number of methoxy groups -OCH3 is 1. The number of hydrogen-bond acceptors (Lipinski definition) is 2. The number of allylic oxidation sites excluding steroid dienone is 2. The average Bonchev–Trinajstić information content (AvgIpc) is 3.04. The molecule has 21 heavy (non-hydrogen) atoms. The Morgan fingerprint density at radius 1 is 1.10 bits per heavy atom. The van der Waals surface area contributed by atoms with E-state index in [-0.39, 0.29) is 0 Å². The molecule has 1 aliphatic carbocycles. The molecule has 0 saturated heterocycles. The van der Waals surface area contributed by atoms with Gasteiger partial charge in [0.15, 0.2) is 0 Å². The molecular weight excluding hydrogens is 258 g/mol. The van der Waals surface area contributed by atoms with Gasteiger partial charge in [-0.3, -0.25) is 0 Å². The molecule has 2 nitrogen and oxygen atoms in total. The standard InChI is InChI=1S/C19H19NO/c1-21-14-10-11-18-17(12-14)15-8-5-9-16(15)19(20-18)13-6-3-2-4-7-13/h2-8,10-12,15-16,19-20H,9H2,1H3/t15-,16+,19+/m1/s1. The van der Waals surface area contributed by atoms with E-state index in [0.29, 0.717) is 17.9 Å². The van der Waals surface area contributed by atoms with Crippen molar-refractivity contribution in [2.24, 2.45) is 5.92 Å². The van der Waals surface area contributed by atoms with Gasteiger partial charge in [-0.1, -0.05) is 42.5 Å². The lowest BCUT2D eigenvalue weighted by molar-refractivity contribution is 0.405. The molecule has 0 bridgehead atoms. The molecule has 0 unspecified atom stereocenters. The van der Waals surface area contributed by atoms with Gasteiger partial charge in [0.2, 0.25) is 0 Å². The first-order chi connectivity index (χ1) is 10.4. The molecule has 2 aliphatic rings. The lowest BCUT2D eigenvalue weighted by Gasteiger charge is -2.37. The molecule has 0 radical (unpaired) electrons. The Morgan fingerprint density at radius 3 is 2.76 bits per heavy atom. The minimum atomic E-state index is 0.382. The van der Waals surface area contributed by atoms with Gasteiger partial charge in [0.1, 0.15) is 5.75 Å². The highest BCUT2D eigenvalue weighted by atomic mass is 16.5. The zero-order valence-electron chi connectivity index (χ0n) is 12.1. The van der Waals surface area contributed by atoms with Crippen molar-refractivity contribution in [3.05, 3.63) is 71.8 Å². The van der Waals surface area contributed by atoms with Crippen LogP contribution >= 0.6 is 0 Å². The summed E-state index contributed by atoms with van der Waals surface area (Å²) in [4.78, 5) is 0. The molecule has 3 atom stereocenters. The van der Waals surface area contributed by atoms with Gasteiger partial charge in [-0.2, -0.15) is 0 Å². The number of rotatable bonds is 2. The highest BCUT2D eigenvalue weighted by Crippen LogP contribution is 2.50. The van der Waals surface area contributed by atoms with Gasteiger partial charge < -0.3 is 10.1 Å². The molecule has 2 heteroatoms. The number of benzene rings is 2. The normalized spacial score (nSPS) is 25.9. The first-order valence-electron chi connectivity index (χ1n) is 7.53. The van der Waals surface area contributed by atoms with Crippen LogP contribution in [0.4, 0.5) is 5.69 Å². The molecule has 1 aliphatic heterocycles. The van der Waals surface area contributed by atoms with Crippen LogP contribution in [-0.2, 0) is 0 Å². The maximum Gasteiger partial charge on any atom is 0.119 e. The summed E-state index contributed by atoms with van der Waals surface area (Å²) in [6, 6.07) is 17.5. The van der Waals surface area contributed by atoms with E-state index in [1.807, 2.05) is 6.07 Å². The zero-order chi connectivity index (χ0) is 14.2. The fourth-order valence-corrected chi connectivity index (χ4v) is 3.69. The van der Waals surface area contributed by atoms with Crippen LogP contribution in [0.2, 0.25) is 0 Å². The van der Waals surface area contributed by atoms with Gasteiger partial charge in [0.25, 0.3) is 0 Å². The zero-order valence-corrected chi connectivity index (χ0v) is 12.1. The molecule has 0 saturated carbocycles. The first kappa shape index (κ1) is 12.5. The largest absolute Gasteiger partial charge is 0.497 e. The van der Waals surface area contributed by atoms with Gasteiger partial charge in [0, 0.05) is 11.6 Å². The van der Waals surface area contributed by atoms with Crippen molar-refractivity contribution < 1.29 is 4.74 Å². The van der Waals surface area contributed by atoms with Crippen molar-refractivity contribution >= 4 is 5.69 Å². The third-order valence-electron chi connectivity index (χ3n) is 4.73. The van der Waals surface area contributed by atoms with Crippen LogP contribution in [0, 0.1) is 5.92 Å². The Morgan fingerprint density at radius 2 is 1.95 bits per heavy atom. The van der Waals surface area contributed by atoms with Crippen molar-refractivity contribution in [3.63, 3.8) is 0 Å². The van der Waals surface area contributed by atoms with Gasteiger partial charge in [0.05, 0.1) is 13.2 Å². The van der Waals surface area contributed by atoms with E-state index in [4.69, 9.17) is 4.74 Å². The Hall–Kier alpha value is -2.22. The van der Waals surface area contributed by atoms with E-state index < -0.39 is 0 Å². The van der Waals surface area contributed by atoms with Crippen LogP contribution in [-0.4, -0.2) is 7.11 Å². The molecule has 106 valence electrons. The summed E-state index contributed by atoms with van der Waals surface area (Å²) in [7, 11) is 1.73. The number of fused-ring (bicyclic) bond motifs is 3. The number of nitrogens with one attached hydrogen (secondary N) is 1. The third kappa shape index (κ3) is 2.02. The Bertz CT molecular complexity index is 677. The summed E-state index contributed by atoms with van der Waals surface area (Å²) in [5.74, 6) is 2.02. The maximum absolute atomic E-state index is 5.39. The molecule has 4 rings (SSSR count). The van der Waals surface area contributed by atoms with Crippen molar-refractivity contribution in [3.8, 4) is 5.75 Å². The van der Waals surface area contributed by atoms with E-state index in [2.05, 4.69) is 59.9 Å². The van der Waals surface area contributed by atoms with Crippen LogP contribution in [0.1, 0.15) is 29.5 Å². The quantitative estimate of drug-likeness (QED) is 0.815. The summed E-state index contributed by atoms with van der Waals surface area (Å²) < 4.78 is 5.39. The van der Waals surface area contributed by atoms with Crippen LogP contribution in [0.3, 0.4) is 0 Å². The second kappa shape index (κ2) is 4.96. The average molecular weight is 277 g/mol. The smallest absolute Gasteiger partial charge is 0.119 e. The monoisotopic (exact) mass is 277 g/mol. The van der Waals surface area contributed by atoms with Crippen LogP contribution in [0.5, 0.6) is 5.75 Å². The van der Waals surface area contributed by atoms with E-state index in [1.54, 1.807) is 7.11 Å². The minimum absolute atomic E-state index is 0.382. The molecule has 2 aromatic rings. The Labute approximate surface area is 125 Å². The summed E-state index contributed by atoms with van der Waals surface area (Å²) in [6.07, 6.45) is 5.81. The summed E-state index contributed by atoms with van der Waals surface area (Å²) in [6.45, 7) is 0. The van der Waals surface area contributed by atoms with Crippen LogP contribution < -0.4 is 10.1 Å². The van der Waals surface area contributed by atoms with Crippen molar-refractivity contribution in [2.45, 2.75) is 18.4 Å². The van der Waals surface area contributed by atoms with Crippen LogP contribution in [0.15, 0.2) is 60.7 Å². The molecular formula is C19H19NO. The number of hydrogen-bond donors (Lipinski definition) is 1. The third-order valence-corrected chi connectivity index (χ3v) is 4.73. The second-order valence-corrected chi connectivity index (χ2v) is 5.84. The summed E-state index contributed by atoms with van der Waals surface area (Å²) in [5.41, 5.74) is 3.97. The predicted octanol–water partition coefficient (Wildman–Crippen LogP) is 4.52. The predicted molar refractivity (Wildman–Crippen MR) is 85.8 cm³/mol. The topological polar surface area (TPSA) is 21.3 Å². The molecule has 2 aromatic carbocycles. The van der Waals surface area contributed by atoms with Gasteiger partial charge >= 0.3 is 0 Å². The molecule has 1 heterocycles. The lowest BCUT2D eigenvalue weighted by Crippen LogP contribution is -2.28. The highest BCUT2D eigenvalue weighted by molar-refractivity contribution is 5.61. The van der Waals surface area contributed by atoms with E-state index in [1.165, 1.54) is 16.8 Å². The van der Waals surface area contributed by atoms with E-state index >= 15 is 0 Å². The number of ether oxygens (including phenoxy) is 1. The Balaban J connectivity index is 1.78. The molecule has 0 aromatic heterocycles. The van der Waals surface area contributed by atoms with Crippen molar-refractivity contribution in [2.75, 3.05) is 12.4 Å². The van der Waals surface area contributed by atoms with E-state index in [9.17, 15) is 0 Å². The molecule has 1 N–H and O–H groups in total. The maximum atomic E-state index is 5.39. The Kier molecular flexibility index (Phi) is 2.95. The SMILES string of the molecule is COc1ccc2c(c1)[C@@H]1C=CC[C@@H]1[C@H](c1ccccc1)N2. The first-order valence-corrected chi connectivity index (χ1v) is 7.53. The molecule has 0 spiro atoms. The van der Waals surface area contributed by atoms with E-state index in [0.717, 1.165) is 12.2 Å². The second-order valence-electron chi connectivity index (χ2n) is 5.84. The molecule has 0 fully saturated rings. The summed E-state index contributed by atoms with van der Waals surface area (Å²) in [5, 5.41) is 3.74.